The normalized spacial score (nSPS) is 11.6. The maximum Gasteiger partial charge on any atom is 0.128 e. The van der Waals surface area contributed by atoms with Crippen molar-refractivity contribution in [1.29, 1.82) is 0 Å². The molecule has 2 aromatic rings. The van der Waals surface area contributed by atoms with Crippen molar-refractivity contribution in [3.05, 3.63) is 41.8 Å². The smallest absolute Gasteiger partial charge is 0.128 e. The Labute approximate surface area is 96.4 Å². The Kier molecular flexibility index (Phi) is 2.95. The number of hydrogen-bond acceptors (Lipinski definition) is 6. The molecule has 1 heterocycles. The zero-order valence-corrected chi connectivity index (χ0v) is 8.74. The van der Waals surface area contributed by atoms with Crippen LogP contribution in [0.2, 0.25) is 0 Å². The maximum atomic E-state index is 9.63. The largest absolute Gasteiger partial charge is 0.508 e. The first kappa shape index (κ1) is 11.0. The predicted octanol–water partition coefficient (Wildman–Crippen LogP) is 1.51. The average Bonchev–Trinajstić information content (AvgIpc) is 2.79. The number of aromatic nitrogens is 1. The summed E-state index contributed by atoms with van der Waals surface area (Å²) in [4.78, 5) is 0. The third-order valence-corrected chi connectivity index (χ3v) is 2.25. The summed E-state index contributed by atoms with van der Waals surface area (Å²) >= 11 is 0. The maximum absolute atomic E-state index is 9.63. The van der Waals surface area contributed by atoms with Gasteiger partial charge in [-0.15, -0.1) is 0 Å². The van der Waals surface area contributed by atoms with Gasteiger partial charge in [-0.1, -0.05) is 10.3 Å². The van der Waals surface area contributed by atoms with Crippen LogP contribution in [0, 0.1) is 0 Å². The summed E-state index contributed by atoms with van der Waals surface area (Å²) in [6.07, 6.45) is 1.62. The molecular formula is C11H10N2O4. The summed E-state index contributed by atoms with van der Waals surface area (Å²) in [5.41, 5.74) is 1.13. The number of hydrogen-bond donors (Lipinski definition) is 3. The molecule has 0 amide bonds. The SMILES string of the molecule is O/N=C(/Cc1ccon1)c1ccc(O)cc1O. The minimum atomic E-state index is -0.165. The summed E-state index contributed by atoms with van der Waals surface area (Å²) < 4.78 is 4.66. The van der Waals surface area contributed by atoms with E-state index in [2.05, 4.69) is 14.8 Å². The van der Waals surface area contributed by atoms with Crippen molar-refractivity contribution >= 4 is 5.71 Å². The van der Waals surface area contributed by atoms with Gasteiger partial charge in [-0.25, -0.2) is 0 Å². The summed E-state index contributed by atoms with van der Waals surface area (Å²) in [6.45, 7) is 0. The molecular weight excluding hydrogens is 224 g/mol. The molecule has 0 saturated carbocycles. The van der Waals surface area contributed by atoms with Gasteiger partial charge in [0.15, 0.2) is 0 Å². The molecule has 0 bridgehead atoms. The number of phenols is 2. The Morgan fingerprint density at radius 2 is 2.12 bits per heavy atom. The molecule has 0 saturated heterocycles. The van der Waals surface area contributed by atoms with Crippen molar-refractivity contribution in [1.82, 2.24) is 5.16 Å². The number of aromatic hydroxyl groups is 2. The van der Waals surface area contributed by atoms with Crippen LogP contribution in [-0.4, -0.2) is 26.3 Å². The molecule has 6 nitrogen and oxygen atoms in total. The quantitative estimate of drug-likeness (QED) is 0.424. The monoisotopic (exact) mass is 234 g/mol. The van der Waals surface area contributed by atoms with Gasteiger partial charge in [0.1, 0.15) is 17.8 Å². The van der Waals surface area contributed by atoms with Crippen molar-refractivity contribution in [2.45, 2.75) is 6.42 Å². The van der Waals surface area contributed by atoms with Crippen molar-refractivity contribution in [3.63, 3.8) is 0 Å². The van der Waals surface area contributed by atoms with Crippen LogP contribution < -0.4 is 0 Å². The van der Waals surface area contributed by atoms with Gasteiger partial charge in [0.05, 0.1) is 11.4 Å². The highest BCUT2D eigenvalue weighted by Gasteiger charge is 2.12. The fourth-order valence-electron chi connectivity index (χ4n) is 1.45. The molecule has 0 fully saturated rings. The zero-order chi connectivity index (χ0) is 12.3. The Balaban J connectivity index is 2.30. The Hall–Kier alpha value is -2.50. The lowest BCUT2D eigenvalue weighted by Crippen LogP contribution is -2.06. The van der Waals surface area contributed by atoms with Crippen LogP contribution in [-0.2, 0) is 6.42 Å². The molecule has 1 aromatic carbocycles. The van der Waals surface area contributed by atoms with Gasteiger partial charge in [0, 0.05) is 24.1 Å². The van der Waals surface area contributed by atoms with E-state index in [9.17, 15) is 5.11 Å². The van der Waals surface area contributed by atoms with E-state index in [0.717, 1.165) is 0 Å². The number of rotatable bonds is 3. The minimum Gasteiger partial charge on any atom is -0.508 e. The summed E-state index contributed by atoms with van der Waals surface area (Å²) in [7, 11) is 0. The van der Waals surface area contributed by atoms with E-state index in [1.54, 1.807) is 6.07 Å². The van der Waals surface area contributed by atoms with Crippen molar-refractivity contribution < 1.29 is 19.9 Å². The zero-order valence-electron chi connectivity index (χ0n) is 8.74. The van der Waals surface area contributed by atoms with Crippen molar-refractivity contribution in [2.24, 2.45) is 5.16 Å². The van der Waals surface area contributed by atoms with Crippen molar-refractivity contribution in [3.8, 4) is 11.5 Å². The Morgan fingerprint density at radius 1 is 1.29 bits per heavy atom. The molecule has 6 heteroatoms. The van der Waals surface area contributed by atoms with Gasteiger partial charge in [0.2, 0.25) is 0 Å². The highest BCUT2D eigenvalue weighted by atomic mass is 16.5. The lowest BCUT2D eigenvalue weighted by Gasteiger charge is -2.05. The molecule has 3 N–H and O–H groups in total. The molecule has 0 radical (unpaired) electrons. The Bertz CT molecular complexity index is 534. The molecule has 88 valence electrons. The van der Waals surface area contributed by atoms with E-state index in [0.29, 0.717) is 11.3 Å². The first-order valence-corrected chi connectivity index (χ1v) is 4.83. The van der Waals surface area contributed by atoms with Crippen LogP contribution in [0.5, 0.6) is 11.5 Å². The molecule has 0 aliphatic heterocycles. The van der Waals surface area contributed by atoms with E-state index >= 15 is 0 Å². The number of phenolic OH excluding ortho intramolecular Hbond substituents is 2. The van der Waals surface area contributed by atoms with Gasteiger partial charge in [-0.05, 0) is 12.1 Å². The first-order valence-electron chi connectivity index (χ1n) is 4.83. The molecule has 2 rings (SSSR count). The van der Waals surface area contributed by atoms with E-state index in [-0.39, 0.29) is 23.6 Å². The van der Waals surface area contributed by atoms with Gasteiger partial charge in [-0.3, -0.25) is 0 Å². The van der Waals surface area contributed by atoms with E-state index in [1.165, 1.54) is 24.5 Å². The second kappa shape index (κ2) is 4.56. The standard InChI is InChI=1S/C11H10N2O4/c14-8-1-2-9(11(15)6-8)10(12-16)5-7-3-4-17-13-7/h1-4,6,14-16H,5H2/b12-10-. The van der Waals surface area contributed by atoms with E-state index in [1.807, 2.05) is 0 Å². The van der Waals surface area contributed by atoms with E-state index in [4.69, 9.17) is 10.3 Å². The summed E-state index contributed by atoms with van der Waals surface area (Å²) in [5.74, 6) is -0.230. The molecule has 0 spiro atoms. The number of benzene rings is 1. The van der Waals surface area contributed by atoms with Gasteiger partial charge >= 0.3 is 0 Å². The summed E-state index contributed by atoms with van der Waals surface area (Å²) in [6, 6.07) is 5.65. The van der Waals surface area contributed by atoms with Crippen LogP contribution in [0.1, 0.15) is 11.3 Å². The molecule has 1 aromatic heterocycles. The lowest BCUT2D eigenvalue weighted by molar-refractivity contribution is 0.318. The molecule has 0 atom stereocenters. The number of nitrogens with zero attached hydrogens (tertiary/aromatic N) is 2. The van der Waals surface area contributed by atoms with E-state index < -0.39 is 0 Å². The molecule has 0 aliphatic rings. The Morgan fingerprint density at radius 3 is 2.71 bits per heavy atom. The lowest BCUT2D eigenvalue weighted by atomic mass is 10.0. The fraction of sp³-hybridized carbons (Fsp3) is 0.0909. The third-order valence-electron chi connectivity index (χ3n) is 2.25. The van der Waals surface area contributed by atoms with Gasteiger partial charge < -0.3 is 19.9 Å². The fourth-order valence-corrected chi connectivity index (χ4v) is 1.45. The first-order chi connectivity index (χ1) is 8.20. The highest BCUT2D eigenvalue weighted by molar-refractivity contribution is 6.03. The second-order valence-electron chi connectivity index (χ2n) is 3.42. The third kappa shape index (κ3) is 2.36. The van der Waals surface area contributed by atoms with Gasteiger partial charge in [0.25, 0.3) is 0 Å². The topological polar surface area (TPSA) is 99.1 Å². The van der Waals surface area contributed by atoms with Crippen LogP contribution >= 0.6 is 0 Å². The average molecular weight is 234 g/mol. The molecule has 0 unspecified atom stereocenters. The second-order valence-corrected chi connectivity index (χ2v) is 3.42. The van der Waals surface area contributed by atoms with Crippen LogP contribution in [0.15, 0.2) is 40.2 Å². The van der Waals surface area contributed by atoms with Crippen LogP contribution in [0.4, 0.5) is 0 Å². The van der Waals surface area contributed by atoms with Gasteiger partial charge in [-0.2, -0.15) is 0 Å². The minimum absolute atomic E-state index is 0.0648. The van der Waals surface area contributed by atoms with Crippen molar-refractivity contribution in [2.75, 3.05) is 0 Å². The predicted molar refractivity (Wildman–Crippen MR) is 58.3 cm³/mol. The van der Waals surface area contributed by atoms with Crippen LogP contribution in [0.3, 0.4) is 0 Å². The summed E-state index contributed by atoms with van der Waals surface area (Å²) in [5, 5.41) is 34.5. The van der Waals surface area contributed by atoms with Crippen LogP contribution in [0.25, 0.3) is 0 Å². The molecule has 17 heavy (non-hydrogen) atoms. The number of oxime groups is 1. The highest BCUT2D eigenvalue weighted by Crippen LogP contribution is 2.24. The molecule has 0 aliphatic carbocycles.